The van der Waals surface area contributed by atoms with Gasteiger partial charge in [0, 0.05) is 0 Å². The van der Waals surface area contributed by atoms with E-state index in [0.29, 0.717) is 6.42 Å². The van der Waals surface area contributed by atoms with Crippen LogP contribution in [0.3, 0.4) is 0 Å². The van der Waals surface area contributed by atoms with Crippen molar-refractivity contribution >= 4 is 24.5 Å². The van der Waals surface area contributed by atoms with Gasteiger partial charge in [-0.1, -0.05) is 44.5 Å². The number of nitrogens with one attached hydrogen (secondary N) is 1. The maximum absolute atomic E-state index is 12.3. The first-order valence-electron chi connectivity index (χ1n) is 8.85. The Morgan fingerprint density at radius 2 is 1.81 bits per heavy atom. The molecule has 1 unspecified atom stereocenters. The van der Waals surface area contributed by atoms with Gasteiger partial charge in [-0.2, -0.15) is 8.42 Å². The van der Waals surface area contributed by atoms with E-state index in [9.17, 15) is 13.2 Å². The molecule has 1 aromatic rings. The molecule has 0 aliphatic rings. The third kappa shape index (κ3) is 7.12. The van der Waals surface area contributed by atoms with Crippen LogP contribution in [-0.2, 0) is 18.7 Å². The summed E-state index contributed by atoms with van der Waals surface area (Å²) in [4.78, 5) is 12.4. The molecule has 152 valence electrons. The fourth-order valence-corrected chi connectivity index (χ4v) is 3.67. The number of rotatable bonds is 8. The maximum atomic E-state index is 12.3. The highest BCUT2D eigenvalue weighted by Crippen LogP contribution is 2.36. The number of hydrogen-bond donors (Lipinski definition) is 1. The molecule has 1 N–H and O–H groups in total. The quantitative estimate of drug-likeness (QED) is 0.389. The normalized spacial score (nSPS) is 13.7. The lowest BCUT2D eigenvalue weighted by Crippen LogP contribution is -2.48. The van der Waals surface area contributed by atoms with Gasteiger partial charge in [-0.25, -0.2) is 4.79 Å². The molecule has 27 heavy (non-hydrogen) atoms. The highest BCUT2D eigenvalue weighted by molar-refractivity contribution is 7.86. The van der Waals surface area contributed by atoms with E-state index in [2.05, 4.69) is 11.9 Å². The monoisotopic (exact) mass is 413 g/mol. The molecule has 1 amide bonds. The van der Waals surface area contributed by atoms with Crippen LogP contribution in [0.4, 0.5) is 4.79 Å². The molecular weight excluding hydrogens is 382 g/mol. The Morgan fingerprint density at radius 3 is 2.30 bits per heavy atom. The second-order valence-corrected chi connectivity index (χ2v) is 14.4. The molecule has 0 saturated heterocycles. The Hall–Kier alpha value is -1.64. The molecule has 0 radical (unpaired) electrons. The van der Waals surface area contributed by atoms with Gasteiger partial charge in [-0.05, 0) is 43.6 Å². The van der Waals surface area contributed by atoms with Crippen LogP contribution in [-0.4, -0.2) is 35.5 Å². The molecule has 8 heteroatoms. The van der Waals surface area contributed by atoms with Crippen molar-refractivity contribution in [2.75, 3.05) is 6.61 Å². The van der Waals surface area contributed by atoms with Crippen LogP contribution in [0, 0.1) is 6.92 Å². The highest BCUT2D eigenvalue weighted by atomic mass is 32.2. The molecule has 0 saturated carbocycles. The fourth-order valence-electron chi connectivity index (χ4n) is 1.90. The lowest BCUT2D eigenvalue weighted by atomic mass is 10.2. The minimum atomic E-state index is -3.90. The van der Waals surface area contributed by atoms with E-state index in [1.807, 2.05) is 40.8 Å². The minimum Gasteiger partial charge on any atom is -0.504 e. The SMILES string of the molecule is C=CCC(COS(=O)(=O)c1ccc(C)cc1)NC(=O)O[Si](C)(C)C(C)(C)C. The average molecular weight is 414 g/mol. The molecule has 6 nitrogen and oxygen atoms in total. The third-order valence-corrected chi connectivity index (χ3v) is 10.3. The summed E-state index contributed by atoms with van der Waals surface area (Å²) in [5, 5.41) is 2.57. The molecular formula is C19H31NO5SSi. The van der Waals surface area contributed by atoms with E-state index >= 15 is 0 Å². The summed E-state index contributed by atoms with van der Waals surface area (Å²) >= 11 is 0. The number of carbonyl (C=O) groups excluding carboxylic acids is 1. The summed E-state index contributed by atoms with van der Waals surface area (Å²) in [6, 6.07) is 5.83. The molecule has 0 aromatic heterocycles. The standard InChI is InChI=1S/C19H31NO5SSi/c1-8-9-16(20-18(21)25-27(6,7)19(3,4)5)14-24-26(22,23)17-12-10-15(2)11-13-17/h8,10-13,16H,1,9,14H2,2-7H3,(H,20,21). The lowest BCUT2D eigenvalue weighted by Gasteiger charge is -2.35. The van der Waals surface area contributed by atoms with Gasteiger partial charge in [0.1, 0.15) is 0 Å². The molecule has 1 rings (SSSR count). The van der Waals surface area contributed by atoms with Crippen LogP contribution in [0.2, 0.25) is 18.1 Å². The minimum absolute atomic E-state index is 0.0781. The van der Waals surface area contributed by atoms with Gasteiger partial charge in [0.05, 0.1) is 17.5 Å². The van der Waals surface area contributed by atoms with Crippen LogP contribution >= 0.6 is 0 Å². The van der Waals surface area contributed by atoms with Crippen molar-refractivity contribution in [3.05, 3.63) is 42.5 Å². The van der Waals surface area contributed by atoms with E-state index in [1.165, 1.54) is 12.1 Å². The van der Waals surface area contributed by atoms with E-state index in [4.69, 9.17) is 8.61 Å². The van der Waals surface area contributed by atoms with E-state index in [1.54, 1.807) is 18.2 Å². The molecule has 1 aromatic carbocycles. The first-order chi connectivity index (χ1) is 12.3. The summed E-state index contributed by atoms with van der Waals surface area (Å²) in [6.45, 7) is 15.3. The molecule has 0 fully saturated rings. The molecule has 0 heterocycles. The molecule has 0 aliphatic carbocycles. The number of aryl methyl sites for hydroxylation is 1. The maximum Gasteiger partial charge on any atom is 0.393 e. The van der Waals surface area contributed by atoms with Crippen LogP contribution in [0.25, 0.3) is 0 Å². The second-order valence-electron chi connectivity index (χ2n) is 8.07. The Balaban J connectivity index is 2.75. The number of carbonyl (C=O) groups is 1. The summed E-state index contributed by atoms with van der Waals surface area (Å²) in [5.41, 5.74) is 0.952. The van der Waals surface area contributed by atoms with Crippen molar-refractivity contribution in [3.63, 3.8) is 0 Å². The lowest BCUT2D eigenvalue weighted by molar-refractivity contribution is 0.183. The summed E-state index contributed by atoms with van der Waals surface area (Å²) < 4.78 is 35.4. The third-order valence-electron chi connectivity index (χ3n) is 4.66. The number of hydrogen-bond acceptors (Lipinski definition) is 5. The number of benzene rings is 1. The molecule has 1 atom stereocenters. The molecule has 0 aliphatic heterocycles. The van der Waals surface area contributed by atoms with Crippen molar-refractivity contribution in [2.24, 2.45) is 0 Å². The topological polar surface area (TPSA) is 81.7 Å². The second kappa shape index (κ2) is 9.03. The molecule has 0 bridgehead atoms. The first-order valence-corrected chi connectivity index (χ1v) is 13.2. The van der Waals surface area contributed by atoms with Crippen molar-refractivity contribution in [2.45, 2.75) is 63.2 Å². The van der Waals surface area contributed by atoms with Crippen LogP contribution in [0.1, 0.15) is 32.8 Å². The van der Waals surface area contributed by atoms with Gasteiger partial charge in [-0.3, -0.25) is 4.18 Å². The zero-order chi connectivity index (χ0) is 20.9. The average Bonchev–Trinajstić information content (AvgIpc) is 2.51. The zero-order valence-electron chi connectivity index (χ0n) is 17.0. The van der Waals surface area contributed by atoms with Gasteiger partial charge in [-0.15, -0.1) is 6.58 Å². The zero-order valence-corrected chi connectivity index (χ0v) is 18.9. The van der Waals surface area contributed by atoms with E-state index in [0.717, 1.165) is 5.56 Å². The molecule has 0 spiro atoms. The highest BCUT2D eigenvalue weighted by Gasteiger charge is 2.40. The van der Waals surface area contributed by atoms with Gasteiger partial charge in [0.25, 0.3) is 18.4 Å². The first kappa shape index (κ1) is 23.4. The van der Waals surface area contributed by atoms with Crippen LogP contribution in [0.15, 0.2) is 41.8 Å². The Labute approximate surface area is 164 Å². The van der Waals surface area contributed by atoms with Gasteiger partial charge >= 0.3 is 6.09 Å². The largest absolute Gasteiger partial charge is 0.504 e. The number of amides is 1. The van der Waals surface area contributed by atoms with E-state index in [-0.39, 0.29) is 16.5 Å². The summed E-state index contributed by atoms with van der Waals surface area (Å²) in [5.74, 6) is 0. The Morgan fingerprint density at radius 1 is 1.26 bits per heavy atom. The smallest absolute Gasteiger partial charge is 0.393 e. The summed E-state index contributed by atoms with van der Waals surface area (Å²) in [7, 11) is -6.17. The van der Waals surface area contributed by atoms with E-state index < -0.39 is 30.6 Å². The van der Waals surface area contributed by atoms with Crippen molar-refractivity contribution < 1.29 is 21.8 Å². The van der Waals surface area contributed by atoms with Gasteiger partial charge < -0.3 is 9.74 Å². The van der Waals surface area contributed by atoms with Crippen molar-refractivity contribution in [1.82, 2.24) is 5.32 Å². The summed E-state index contributed by atoms with van der Waals surface area (Å²) in [6.07, 6.45) is 1.39. The Kier molecular flexibility index (Phi) is 7.83. The predicted molar refractivity (Wildman–Crippen MR) is 110 cm³/mol. The van der Waals surface area contributed by atoms with Crippen molar-refractivity contribution in [1.29, 1.82) is 0 Å². The predicted octanol–water partition coefficient (Wildman–Crippen LogP) is 4.38. The van der Waals surface area contributed by atoms with Gasteiger partial charge in [0.15, 0.2) is 0 Å². The Bertz CT molecular complexity index is 751. The fraction of sp³-hybridized carbons (Fsp3) is 0.526. The van der Waals surface area contributed by atoms with Crippen LogP contribution in [0.5, 0.6) is 0 Å². The van der Waals surface area contributed by atoms with Crippen LogP contribution < -0.4 is 5.32 Å². The van der Waals surface area contributed by atoms with Crippen molar-refractivity contribution in [3.8, 4) is 0 Å². The van der Waals surface area contributed by atoms with Gasteiger partial charge in [0.2, 0.25) is 0 Å².